The van der Waals surface area contributed by atoms with Gasteiger partial charge in [-0.3, -0.25) is 4.79 Å². The van der Waals surface area contributed by atoms with Crippen LogP contribution in [0.15, 0.2) is 24.3 Å². The van der Waals surface area contributed by atoms with Gasteiger partial charge in [-0.15, -0.1) is 0 Å². The maximum Gasteiger partial charge on any atom is 0.225 e. The van der Waals surface area contributed by atoms with Crippen LogP contribution in [-0.2, 0) is 11.3 Å². The average molecular weight is 220 g/mol. The molecule has 1 amide bonds. The summed E-state index contributed by atoms with van der Waals surface area (Å²) < 4.78 is 5.20. The van der Waals surface area contributed by atoms with Crippen molar-refractivity contribution in [2.24, 2.45) is 11.7 Å². The molecule has 1 aliphatic carbocycles. The molecule has 4 heteroatoms. The van der Waals surface area contributed by atoms with Gasteiger partial charge in [-0.2, -0.15) is 0 Å². The first-order valence-electron chi connectivity index (χ1n) is 5.37. The SMILES string of the molecule is COc1ccccc1CNC(=O)C1CC1N. The van der Waals surface area contributed by atoms with E-state index in [9.17, 15) is 4.79 Å². The molecular formula is C12H16N2O2. The van der Waals surface area contributed by atoms with Gasteiger partial charge in [-0.25, -0.2) is 0 Å². The minimum Gasteiger partial charge on any atom is -0.496 e. The number of para-hydroxylation sites is 1. The third-order valence-electron chi connectivity index (χ3n) is 2.82. The molecule has 0 bridgehead atoms. The molecule has 1 aliphatic rings. The topological polar surface area (TPSA) is 64.3 Å². The van der Waals surface area contributed by atoms with Crippen molar-refractivity contribution in [2.45, 2.75) is 19.0 Å². The first-order valence-corrected chi connectivity index (χ1v) is 5.37. The first kappa shape index (κ1) is 11.0. The summed E-state index contributed by atoms with van der Waals surface area (Å²) in [5.74, 6) is 0.844. The molecular weight excluding hydrogens is 204 g/mol. The van der Waals surface area contributed by atoms with Crippen LogP contribution in [0.1, 0.15) is 12.0 Å². The Kier molecular flexibility index (Phi) is 3.10. The molecule has 2 rings (SSSR count). The number of carbonyl (C=O) groups excluding carboxylic acids is 1. The van der Waals surface area contributed by atoms with Crippen molar-refractivity contribution >= 4 is 5.91 Å². The average Bonchev–Trinajstić information content (AvgIpc) is 3.04. The van der Waals surface area contributed by atoms with Crippen molar-refractivity contribution in [1.82, 2.24) is 5.32 Å². The van der Waals surface area contributed by atoms with Crippen molar-refractivity contribution in [3.63, 3.8) is 0 Å². The molecule has 86 valence electrons. The summed E-state index contributed by atoms with van der Waals surface area (Å²) in [6.45, 7) is 0.492. The zero-order valence-electron chi connectivity index (χ0n) is 9.27. The predicted molar refractivity (Wildman–Crippen MR) is 60.9 cm³/mol. The molecule has 0 spiro atoms. The van der Waals surface area contributed by atoms with Crippen LogP contribution >= 0.6 is 0 Å². The summed E-state index contributed by atoms with van der Waals surface area (Å²) in [6.07, 6.45) is 0.803. The number of hydrogen-bond acceptors (Lipinski definition) is 3. The van der Waals surface area contributed by atoms with Crippen LogP contribution in [0.4, 0.5) is 0 Å². The molecule has 3 N–H and O–H groups in total. The third kappa shape index (κ3) is 2.33. The first-order chi connectivity index (χ1) is 7.72. The molecule has 0 saturated heterocycles. The van der Waals surface area contributed by atoms with Gasteiger partial charge in [0.05, 0.1) is 13.0 Å². The minimum absolute atomic E-state index is 0.00899. The van der Waals surface area contributed by atoms with Crippen LogP contribution in [0.5, 0.6) is 5.75 Å². The number of ether oxygens (including phenoxy) is 1. The van der Waals surface area contributed by atoms with Gasteiger partial charge in [0, 0.05) is 18.2 Å². The van der Waals surface area contributed by atoms with Gasteiger partial charge in [0.1, 0.15) is 5.75 Å². The van der Waals surface area contributed by atoms with Crippen LogP contribution < -0.4 is 15.8 Å². The van der Waals surface area contributed by atoms with E-state index in [2.05, 4.69) is 5.32 Å². The lowest BCUT2D eigenvalue weighted by atomic mass is 10.2. The van der Waals surface area contributed by atoms with Crippen LogP contribution in [-0.4, -0.2) is 19.1 Å². The Labute approximate surface area is 94.8 Å². The molecule has 0 aromatic heterocycles. The second-order valence-corrected chi connectivity index (χ2v) is 4.04. The normalized spacial score (nSPS) is 22.6. The lowest BCUT2D eigenvalue weighted by molar-refractivity contribution is -0.122. The Morgan fingerprint density at radius 1 is 1.56 bits per heavy atom. The fourth-order valence-corrected chi connectivity index (χ4v) is 1.68. The van der Waals surface area contributed by atoms with E-state index in [-0.39, 0.29) is 17.9 Å². The smallest absolute Gasteiger partial charge is 0.225 e. The van der Waals surface area contributed by atoms with E-state index in [1.54, 1.807) is 7.11 Å². The highest BCUT2D eigenvalue weighted by Gasteiger charge is 2.39. The fraction of sp³-hybridized carbons (Fsp3) is 0.417. The molecule has 2 unspecified atom stereocenters. The quantitative estimate of drug-likeness (QED) is 0.783. The van der Waals surface area contributed by atoms with Crippen LogP contribution in [0.3, 0.4) is 0 Å². The molecule has 0 heterocycles. The number of rotatable bonds is 4. The van der Waals surface area contributed by atoms with Gasteiger partial charge in [0.2, 0.25) is 5.91 Å². The van der Waals surface area contributed by atoms with Crippen LogP contribution in [0.2, 0.25) is 0 Å². The van der Waals surface area contributed by atoms with Crippen molar-refractivity contribution in [3.8, 4) is 5.75 Å². The van der Waals surface area contributed by atoms with Crippen LogP contribution in [0.25, 0.3) is 0 Å². The van der Waals surface area contributed by atoms with Crippen molar-refractivity contribution in [2.75, 3.05) is 7.11 Å². The molecule has 1 fully saturated rings. The van der Waals surface area contributed by atoms with E-state index in [4.69, 9.17) is 10.5 Å². The highest BCUT2D eigenvalue weighted by Crippen LogP contribution is 2.28. The summed E-state index contributed by atoms with van der Waals surface area (Å²) in [5.41, 5.74) is 6.59. The Morgan fingerprint density at radius 2 is 2.25 bits per heavy atom. The maximum atomic E-state index is 11.6. The monoisotopic (exact) mass is 220 g/mol. The molecule has 1 aromatic rings. The van der Waals surface area contributed by atoms with E-state index in [0.29, 0.717) is 6.54 Å². The van der Waals surface area contributed by atoms with E-state index in [1.807, 2.05) is 24.3 Å². The number of benzene rings is 1. The second-order valence-electron chi connectivity index (χ2n) is 4.04. The number of carbonyl (C=O) groups is 1. The number of nitrogens with one attached hydrogen (secondary N) is 1. The molecule has 2 atom stereocenters. The molecule has 1 aromatic carbocycles. The van der Waals surface area contributed by atoms with Crippen molar-refractivity contribution < 1.29 is 9.53 Å². The summed E-state index contributed by atoms with van der Waals surface area (Å²) in [6, 6.07) is 7.70. The van der Waals surface area contributed by atoms with E-state index in [0.717, 1.165) is 17.7 Å². The van der Waals surface area contributed by atoms with Gasteiger partial charge in [-0.1, -0.05) is 18.2 Å². The molecule has 1 saturated carbocycles. The lowest BCUT2D eigenvalue weighted by Gasteiger charge is -2.09. The Bertz CT molecular complexity index is 392. The minimum atomic E-state index is 0.00899. The highest BCUT2D eigenvalue weighted by atomic mass is 16.5. The zero-order valence-corrected chi connectivity index (χ0v) is 9.27. The molecule has 0 radical (unpaired) electrons. The summed E-state index contributed by atoms with van der Waals surface area (Å²) in [7, 11) is 1.62. The number of nitrogens with two attached hydrogens (primary N) is 1. The molecule has 4 nitrogen and oxygen atoms in total. The summed E-state index contributed by atoms with van der Waals surface area (Å²) in [5, 5.41) is 2.87. The number of amides is 1. The maximum absolute atomic E-state index is 11.6. The van der Waals surface area contributed by atoms with Gasteiger partial charge in [0.25, 0.3) is 0 Å². The largest absolute Gasteiger partial charge is 0.496 e. The summed E-state index contributed by atoms with van der Waals surface area (Å²) in [4.78, 5) is 11.6. The van der Waals surface area contributed by atoms with Gasteiger partial charge in [-0.05, 0) is 12.5 Å². The van der Waals surface area contributed by atoms with E-state index in [1.165, 1.54) is 0 Å². The highest BCUT2D eigenvalue weighted by molar-refractivity contribution is 5.82. The standard InChI is InChI=1S/C12H16N2O2/c1-16-11-5-3-2-4-8(11)7-14-12(15)9-6-10(9)13/h2-5,9-10H,6-7,13H2,1H3,(H,14,15). The van der Waals surface area contributed by atoms with Crippen molar-refractivity contribution in [3.05, 3.63) is 29.8 Å². The van der Waals surface area contributed by atoms with Gasteiger partial charge < -0.3 is 15.8 Å². The molecule has 16 heavy (non-hydrogen) atoms. The number of methoxy groups -OCH3 is 1. The Hall–Kier alpha value is -1.55. The predicted octanol–water partition coefficient (Wildman–Crippen LogP) is 0.659. The molecule has 0 aliphatic heterocycles. The van der Waals surface area contributed by atoms with Gasteiger partial charge >= 0.3 is 0 Å². The second kappa shape index (κ2) is 4.53. The van der Waals surface area contributed by atoms with Crippen molar-refractivity contribution in [1.29, 1.82) is 0 Å². The number of hydrogen-bond donors (Lipinski definition) is 2. The van der Waals surface area contributed by atoms with E-state index < -0.39 is 0 Å². The Morgan fingerprint density at radius 3 is 2.88 bits per heavy atom. The van der Waals surface area contributed by atoms with Crippen LogP contribution in [0, 0.1) is 5.92 Å². The lowest BCUT2D eigenvalue weighted by Crippen LogP contribution is -2.27. The third-order valence-corrected chi connectivity index (χ3v) is 2.82. The summed E-state index contributed by atoms with van der Waals surface area (Å²) >= 11 is 0. The van der Waals surface area contributed by atoms with Gasteiger partial charge in [0.15, 0.2) is 0 Å². The van der Waals surface area contributed by atoms with E-state index >= 15 is 0 Å². The Balaban J connectivity index is 1.91. The zero-order chi connectivity index (χ0) is 11.5. The fourth-order valence-electron chi connectivity index (χ4n) is 1.68.